The lowest BCUT2D eigenvalue weighted by Crippen LogP contribution is -2.36. The lowest BCUT2D eigenvalue weighted by Gasteiger charge is -2.28. The van der Waals surface area contributed by atoms with Crippen molar-refractivity contribution in [1.82, 2.24) is 0 Å². The van der Waals surface area contributed by atoms with Crippen molar-refractivity contribution in [3.63, 3.8) is 0 Å². The molecule has 2 aliphatic carbocycles. The van der Waals surface area contributed by atoms with Crippen LogP contribution in [0.15, 0.2) is 48.6 Å². The van der Waals surface area contributed by atoms with Crippen molar-refractivity contribution < 1.29 is 24.2 Å². The maximum Gasteiger partial charge on any atom is 0.334 e. The molecule has 0 amide bonds. The van der Waals surface area contributed by atoms with Crippen LogP contribution in [0.3, 0.4) is 0 Å². The molecule has 1 aliphatic heterocycles. The van der Waals surface area contributed by atoms with Gasteiger partial charge in [-0.05, 0) is 24.3 Å². The number of aliphatic hydroxyl groups is 1. The summed E-state index contributed by atoms with van der Waals surface area (Å²) in [5.41, 5.74) is 2.20. The van der Waals surface area contributed by atoms with E-state index >= 15 is 0 Å². The average molecular weight is 344 g/mol. The van der Waals surface area contributed by atoms with E-state index in [1.54, 1.807) is 0 Å². The van der Waals surface area contributed by atoms with Gasteiger partial charge >= 0.3 is 11.9 Å². The number of rotatable bonds is 3. The van der Waals surface area contributed by atoms with Crippen molar-refractivity contribution in [3.8, 4) is 0 Å². The number of esters is 2. The van der Waals surface area contributed by atoms with Gasteiger partial charge in [0, 0.05) is 23.5 Å². The van der Waals surface area contributed by atoms with Crippen LogP contribution in [0.5, 0.6) is 0 Å². The molecule has 1 N–H and O–H groups in total. The number of aliphatic hydroxyl groups excluding tert-OH is 1. The fourth-order valence-electron chi connectivity index (χ4n) is 4.24. The molecule has 2 saturated carbocycles. The quantitative estimate of drug-likeness (QED) is 0.484. The Morgan fingerprint density at radius 2 is 2.00 bits per heavy atom. The highest BCUT2D eigenvalue weighted by atomic mass is 16.6. The molecule has 5 nitrogen and oxygen atoms in total. The van der Waals surface area contributed by atoms with Crippen molar-refractivity contribution in [3.05, 3.63) is 48.6 Å². The summed E-state index contributed by atoms with van der Waals surface area (Å²) < 4.78 is 11.2. The third kappa shape index (κ3) is 2.76. The van der Waals surface area contributed by atoms with Crippen molar-refractivity contribution in [2.75, 3.05) is 0 Å². The van der Waals surface area contributed by atoms with Crippen molar-refractivity contribution in [2.24, 2.45) is 17.8 Å². The number of fused-ring (bicyclic) bond motifs is 3. The monoisotopic (exact) mass is 344 g/mol. The SMILES string of the molecule is C=C(CC)C(=O)OC1CC(=C)C2CC(O)C(=C)C2C2OC(=O)C(=C)C12. The molecule has 134 valence electrons. The van der Waals surface area contributed by atoms with Crippen molar-refractivity contribution >= 4 is 11.9 Å². The summed E-state index contributed by atoms with van der Waals surface area (Å²) in [5, 5.41) is 10.2. The molecule has 3 aliphatic rings. The maximum absolute atomic E-state index is 12.2. The van der Waals surface area contributed by atoms with E-state index in [0.29, 0.717) is 36.0 Å². The van der Waals surface area contributed by atoms with Gasteiger partial charge in [-0.1, -0.05) is 38.8 Å². The predicted molar refractivity (Wildman–Crippen MR) is 92.3 cm³/mol. The van der Waals surface area contributed by atoms with Crippen LogP contribution in [-0.4, -0.2) is 35.4 Å². The van der Waals surface area contributed by atoms with Gasteiger partial charge in [-0.25, -0.2) is 9.59 Å². The zero-order valence-electron chi connectivity index (χ0n) is 14.5. The first-order valence-electron chi connectivity index (χ1n) is 8.59. The zero-order valence-corrected chi connectivity index (χ0v) is 14.5. The van der Waals surface area contributed by atoms with E-state index in [9.17, 15) is 14.7 Å². The molecule has 0 aromatic heterocycles. The Kier molecular flexibility index (Phi) is 4.45. The third-order valence-electron chi connectivity index (χ3n) is 5.74. The van der Waals surface area contributed by atoms with E-state index in [1.165, 1.54) is 0 Å². The first kappa shape index (κ1) is 17.7. The molecule has 0 bridgehead atoms. The Balaban J connectivity index is 1.96. The summed E-state index contributed by atoms with van der Waals surface area (Å²) in [6.07, 6.45) is -0.368. The summed E-state index contributed by atoms with van der Waals surface area (Å²) in [4.78, 5) is 24.4. The summed E-state index contributed by atoms with van der Waals surface area (Å²) in [6.45, 7) is 17.5. The second kappa shape index (κ2) is 6.30. The standard InChI is InChI=1S/C20H24O5/c1-6-9(2)19(22)24-15-7-10(3)13-8-14(21)11(4)16(13)18-17(15)12(5)20(23)25-18/h13-18,21H,2-8H2,1H3. The Labute approximate surface area is 147 Å². The topological polar surface area (TPSA) is 72.8 Å². The van der Waals surface area contributed by atoms with Crippen molar-refractivity contribution in [1.29, 1.82) is 0 Å². The minimum absolute atomic E-state index is 0.0493. The van der Waals surface area contributed by atoms with Crippen LogP contribution in [0, 0.1) is 17.8 Å². The maximum atomic E-state index is 12.2. The molecule has 0 radical (unpaired) electrons. The van der Waals surface area contributed by atoms with Gasteiger partial charge in [-0.15, -0.1) is 0 Å². The van der Waals surface area contributed by atoms with E-state index in [-0.39, 0.29) is 11.8 Å². The van der Waals surface area contributed by atoms with Crippen LogP contribution in [0.1, 0.15) is 26.2 Å². The lowest BCUT2D eigenvalue weighted by atomic mass is 9.81. The molecule has 1 heterocycles. The van der Waals surface area contributed by atoms with Gasteiger partial charge in [-0.3, -0.25) is 0 Å². The van der Waals surface area contributed by atoms with Crippen LogP contribution >= 0.6 is 0 Å². The van der Waals surface area contributed by atoms with Gasteiger partial charge in [0.15, 0.2) is 0 Å². The fourth-order valence-corrected chi connectivity index (χ4v) is 4.24. The molecular formula is C20H24O5. The zero-order chi connectivity index (χ0) is 18.5. The summed E-state index contributed by atoms with van der Waals surface area (Å²) in [5.74, 6) is -1.70. The summed E-state index contributed by atoms with van der Waals surface area (Å²) in [7, 11) is 0. The Morgan fingerprint density at radius 3 is 2.64 bits per heavy atom. The second-order valence-corrected chi connectivity index (χ2v) is 7.14. The number of hydrogen-bond acceptors (Lipinski definition) is 5. The molecule has 1 saturated heterocycles. The molecule has 5 heteroatoms. The molecule has 0 spiro atoms. The second-order valence-electron chi connectivity index (χ2n) is 7.14. The normalized spacial score (nSPS) is 37.2. The molecule has 25 heavy (non-hydrogen) atoms. The van der Waals surface area contributed by atoms with Gasteiger partial charge in [0.1, 0.15) is 12.2 Å². The van der Waals surface area contributed by atoms with Crippen LogP contribution < -0.4 is 0 Å². The van der Waals surface area contributed by atoms with Crippen molar-refractivity contribution in [2.45, 2.75) is 44.5 Å². The molecular weight excluding hydrogens is 320 g/mol. The van der Waals surface area contributed by atoms with Gasteiger partial charge in [-0.2, -0.15) is 0 Å². The van der Waals surface area contributed by atoms with Gasteiger partial charge in [0.2, 0.25) is 0 Å². The number of hydrogen-bond donors (Lipinski definition) is 1. The molecule has 3 fully saturated rings. The summed E-state index contributed by atoms with van der Waals surface area (Å²) >= 11 is 0. The average Bonchev–Trinajstić information content (AvgIpc) is 2.99. The largest absolute Gasteiger partial charge is 0.458 e. The Hall–Kier alpha value is -2.14. The minimum atomic E-state index is -0.640. The highest BCUT2D eigenvalue weighted by molar-refractivity contribution is 5.92. The van der Waals surface area contributed by atoms with Crippen LogP contribution in [0.4, 0.5) is 0 Å². The molecule has 6 atom stereocenters. The van der Waals surface area contributed by atoms with E-state index in [2.05, 4.69) is 26.3 Å². The highest BCUT2D eigenvalue weighted by Gasteiger charge is 2.56. The number of carbonyl (C=O) groups excluding carboxylic acids is 2. The van der Waals surface area contributed by atoms with Gasteiger partial charge < -0.3 is 14.6 Å². The van der Waals surface area contributed by atoms with Crippen LogP contribution in [0.25, 0.3) is 0 Å². The van der Waals surface area contributed by atoms with E-state index < -0.39 is 36.2 Å². The van der Waals surface area contributed by atoms with E-state index in [4.69, 9.17) is 9.47 Å². The van der Waals surface area contributed by atoms with E-state index in [0.717, 1.165) is 5.57 Å². The number of ether oxygens (including phenoxy) is 2. The molecule has 0 aromatic carbocycles. The summed E-state index contributed by atoms with van der Waals surface area (Å²) in [6, 6.07) is 0. The first-order valence-corrected chi connectivity index (χ1v) is 8.59. The molecule has 3 rings (SSSR count). The Bertz CT molecular complexity index is 688. The smallest absolute Gasteiger partial charge is 0.334 e. The fraction of sp³-hybridized carbons (Fsp3) is 0.500. The Morgan fingerprint density at radius 1 is 1.32 bits per heavy atom. The molecule has 6 unspecified atom stereocenters. The van der Waals surface area contributed by atoms with Gasteiger partial charge in [0.25, 0.3) is 0 Å². The third-order valence-corrected chi connectivity index (χ3v) is 5.74. The minimum Gasteiger partial charge on any atom is -0.458 e. The first-order chi connectivity index (χ1) is 11.8. The molecule has 0 aromatic rings. The highest BCUT2D eigenvalue weighted by Crippen LogP contribution is 2.52. The predicted octanol–water partition coefficient (Wildman–Crippen LogP) is 2.48. The van der Waals surface area contributed by atoms with Crippen LogP contribution in [0.2, 0.25) is 0 Å². The number of carbonyl (C=O) groups is 2. The lowest BCUT2D eigenvalue weighted by molar-refractivity contribution is -0.148. The van der Waals surface area contributed by atoms with Crippen LogP contribution in [-0.2, 0) is 19.1 Å². The van der Waals surface area contributed by atoms with E-state index in [1.807, 2.05) is 6.92 Å². The van der Waals surface area contributed by atoms with Gasteiger partial charge in [0.05, 0.1) is 12.0 Å².